The number of benzene rings is 1. The summed E-state index contributed by atoms with van der Waals surface area (Å²) in [5, 5.41) is 2.58. The zero-order valence-corrected chi connectivity index (χ0v) is 9.58. The summed E-state index contributed by atoms with van der Waals surface area (Å²) in [6.45, 7) is 2.09. The van der Waals surface area contributed by atoms with Crippen LogP contribution in [0.2, 0.25) is 0 Å². The minimum atomic E-state index is -0.549. The van der Waals surface area contributed by atoms with E-state index in [-0.39, 0.29) is 17.7 Å². The Bertz CT molecular complexity index is 445. The number of rotatable bonds is 3. The SMILES string of the molecule is CC[C@@H]1C[C@H]1N=C(N)Nc1cc(F)ccc1F. The number of halogens is 2. The molecular weight excluding hydrogens is 224 g/mol. The summed E-state index contributed by atoms with van der Waals surface area (Å²) in [5.41, 5.74) is 5.65. The molecule has 1 saturated carbocycles. The van der Waals surface area contributed by atoms with Crippen LogP contribution in [0, 0.1) is 17.6 Å². The first kappa shape index (κ1) is 11.8. The summed E-state index contributed by atoms with van der Waals surface area (Å²) < 4.78 is 26.2. The standard InChI is InChI=1S/C12H15F2N3/c1-2-7-5-10(7)16-12(15)17-11-6-8(13)3-4-9(11)14/h3-4,6-7,10H,2,5H2,1H3,(H3,15,16,17)/t7-,10-/m1/s1. The summed E-state index contributed by atoms with van der Waals surface area (Å²) in [6, 6.07) is 3.39. The van der Waals surface area contributed by atoms with Gasteiger partial charge >= 0.3 is 0 Å². The van der Waals surface area contributed by atoms with Crippen molar-refractivity contribution in [2.75, 3.05) is 5.32 Å². The lowest BCUT2D eigenvalue weighted by atomic mass is 10.3. The van der Waals surface area contributed by atoms with Gasteiger partial charge in [0.15, 0.2) is 5.96 Å². The monoisotopic (exact) mass is 239 g/mol. The van der Waals surface area contributed by atoms with Crippen LogP contribution >= 0.6 is 0 Å². The number of nitrogens with two attached hydrogens (primary N) is 1. The average Bonchev–Trinajstić information content (AvgIpc) is 3.02. The number of guanidine groups is 1. The van der Waals surface area contributed by atoms with Crippen LogP contribution in [0.25, 0.3) is 0 Å². The second-order valence-corrected chi connectivity index (χ2v) is 4.23. The highest BCUT2D eigenvalue weighted by Gasteiger charge is 2.35. The quantitative estimate of drug-likeness (QED) is 0.629. The van der Waals surface area contributed by atoms with E-state index in [1.807, 2.05) is 0 Å². The topological polar surface area (TPSA) is 50.4 Å². The molecule has 92 valence electrons. The minimum absolute atomic E-state index is 0.0138. The molecule has 0 unspecified atom stereocenters. The first-order valence-corrected chi connectivity index (χ1v) is 5.65. The first-order chi connectivity index (χ1) is 8.10. The van der Waals surface area contributed by atoms with Gasteiger partial charge in [-0.1, -0.05) is 13.3 Å². The van der Waals surface area contributed by atoms with Gasteiger partial charge in [0.1, 0.15) is 11.6 Å². The molecule has 1 aliphatic carbocycles. The molecule has 0 spiro atoms. The summed E-state index contributed by atoms with van der Waals surface area (Å²) in [5.74, 6) is -0.352. The molecule has 1 fully saturated rings. The Balaban J connectivity index is 2.03. The second kappa shape index (κ2) is 4.69. The van der Waals surface area contributed by atoms with Crippen LogP contribution in [0.3, 0.4) is 0 Å². The zero-order chi connectivity index (χ0) is 12.4. The fourth-order valence-corrected chi connectivity index (χ4v) is 1.77. The third-order valence-electron chi connectivity index (χ3n) is 2.91. The molecule has 3 N–H and O–H groups in total. The molecule has 17 heavy (non-hydrogen) atoms. The molecule has 2 atom stereocenters. The van der Waals surface area contributed by atoms with Crippen LogP contribution in [0.1, 0.15) is 19.8 Å². The molecule has 0 amide bonds. The molecule has 1 aliphatic rings. The maximum atomic E-state index is 13.3. The van der Waals surface area contributed by atoms with E-state index in [0.29, 0.717) is 5.92 Å². The van der Waals surface area contributed by atoms with Gasteiger partial charge in [-0.3, -0.25) is 0 Å². The number of nitrogens with zero attached hydrogens (tertiary/aromatic N) is 1. The Labute approximate surface area is 98.7 Å². The molecular formula is C12H15F2N3. The molecule has 3 nitrogen and oxygen atoms in total. The Morgan fingerprint density at radius 2 is 2.29 bits per heavy atom. The van der Waals surface area contributed by atoms with Crippen LogP contribution in [-0.4, -0.2) is 12.0 Å². The molecule has 0 aromatic heterocycles. The van der Waals surface area contributed by atoms with Gasteiger partial charge in [-0.25, -0.2) is 13.8 Å². The van der Waals surface area contributed by atoms with Crippen molar-refractivity contribution >= 4 is 11.6 Å². The zero-order valence-electron chi connectivity index (χ0n) is 9.58. The third-order valence-corrected chi connectivity index (χ3v) is 2.91. The minimum Gasteiger partial charge on any atom is -0.370 e. The van der Waals surface area contributed by atoms with Gasteiger partial charge in [0.25, 0.3) is 0 Å². The number of hydrogen-bond acceptors (Lipinski definition) is 1. The Hall–Kier alpha value is -1.65. The molecule has 1 aromatic carbocycles. The molecule has 0 heterocycles. The van der Waals surface area contributed by atoms with E-state index in [9.17, 15) is 8.78 Å². The summed E-state index contributed by atoms with van der Waals surface area (Å²) in [4.78, 5) is 4.20. The number of hydrogen-bond donors (Lipinski definition) is 2. The van der Waals surface area contributed by atoms with E-state index in [1.165, 1.54) is 0 Å². The highest BCUT2D eigenvalue weighted by Crippen LogP contribution is 2.36. The van der Waals surface area contributed by atoms with E-state index in [4.69, 9.17) is 5.73 Å². The van der Waals surface area contributed by atoms with Crippen LogP contribution in [-0.2, 0) is 0 Å². The fourth-order valence-electron chi connectivity index (χ4n) is 1.77. The van der Waals surface area contributed by atoms with Gasteiger partial charge < -0.3 is 11.1 Å². The van der Waals surface area contributed by atoms with Crippen LogP contribution in [0.5, 0.6) is 0 Å². The van der Waals surface area contributed by atoms with E-state index >= 15 is 0 Å². The van der Waals surface area contributed by atoms with Crippen molar-refractivity contribution in [2.24, 2.45) is 16.6 Å². The van der Waals surface area contributed by atoms with Crippen molar-refractivity contribution in [3.8, 4) is 0 Å². The second-order valence-electron chi connectivity index (χ2n) is 4.23. The highest BCUT2D eigenvalue weighted by atomic mass is 19.1. The van der Waals surface area contributed by atoms with Gasteiger partial charge in [0.2, 0.25) is 0 Å². The summed E-state index contributed by atoms with van der Waals surface area (Å²) in [6.07, 6.45) is 2.08. The lowest BCUT2D eigenvalue weighted by Gasteiger charge is -2.06. The molecule has 0 saturated heterocycles. The Kier molecular flexibility index (Phi) is 3.26. The Morgan fingerprint density at radius 1 is 1.53 bits per heavy atom. The van der Waals surface area contributed by atoms with E-state index in [0.717, 1.165) is 31.0 Å². The normalized spacial score (nSPS) is 23.6. The maximum Gasteiger partial charge on any atom is 0.193 e. The molecule has 1 aromatic rings. The molecule has 0 bridgehead atoms. The predicted molar refractivity (Wildman–Crippen MR) is 63.8 cm³/mol. The van der Waals surface area contributed by atoms with Gasteiger partial charge in [0, 0.05) is 6.07 Å². The van der Waals surface area contributed by atoms with Crippen molar-refractivity contribution < 1.29 is 8.78 Å². The fraction of sp³-hybridized carbons (Fsp3) is 0.417. The number of nitrogens with one attached hydrogen (secondary N) is 1. The van der Waals surface area contributed by atoms with Crippen LogP contribution in [0.4, 0.5) is 14.5 Å². The smallest absolute Gasteiger partial charge is 0.193 e. The van der Waals surface area contributed by atoms with Gasteiger partial charge in [-0.2, -0.15) is 0 Å². The van der Waals surface area contributed by atoms with E-state index < -0.39 is 11.6 Å². The lowest BCUT2D eigenvalue weighted by molar-refractivity contribution is 0.604. The van der Waals surface area contributed by atoms with Crippen LogP contribution < -0.4 is 11.1 Å². The largest absolute Gasteiger partial charge is 0.370 e. The molecule has 0 radical (unpaired) electrons. The average molecular weight is 239 g/mol. The molecule has 2 rings (SSSR count). The van der Waals surface area contributed by atoms with E-state index in [1.54, 1.807) is 0 Å². The summed E-state index contributed by atoms with van der Waals surface area (Å²) >= 11 is 0. The van der Waals surface area contributed by atoms with Gasteiger partial charge in [-0.05, 0) is 24.5 Å². The summed E-state index contributed by atoms with van der Waals surface area (Å²) in [7, 11) is 0. The van der Waals surface area contributed by atoms with Crippen molar-refractivity contribution in [3.63, 3.8) is 0 Å². The van der Waals surface area contributed by atoms with Crippen molar-refractivity contribution in [1.82, 2.24) is 0 Å². The van der Waals surface area contributed by atoms with Crippen molar-refractivity contribution in [2.45, 2.75) is 25.8 Å². The van der Waals surface area contributed by atoms with Gasteiger partial charge in [0.05, 0.1) is 11.7 Å². The van der Waals surface area contributed by atoms with E-state index in [2.05, 4.69) is 17.2 Å². The molecule has 5 heteroatoms. The number of anilines is 1. The number of aliphatic imine (C=N–C) groups is 1. The maximum absolute atomic E-state index is 13.3. The first-order valence-electron chi connectivity index (χ1n) is 5.65. The lowest BCUT2D eigenvalue weighted by Crippen LogP contribution is -2.24. The van der Waals surface area contributed by atoms with Crippen molar-refractivity contribution in [3.05, 3.63) is 29.8 Å². The van der Waals surface area contributed by atoms with Crippen molar-refractivity contribution in [1.29, 1.82) is 0 Å². The highest BCUT2D eigenvalue weighted by molar-refractivity contribution is 5.92. The Morgan fingerprint density at radius 3 is 2.94 bits per heavy atom. The molecule has 0 aliphatic heterocycles. The predicted octanol–water partition coefficient (Wildman–Crippen LogP) is 2.49. The van der Waals surface area contributed by atoms with Gasteiger partial charge in [-0.15, -0.1) is 0 Å². The van der Waals surface area contributed by atoms with Crippen LogP contribution in [0.15, 0.2) is 23.2 Å². The third kappa shape index (κ3) is 2.93.